The fourth-order valence-corrected chi connectivity index (χ4v) is 3.19. The van der Waals surface area contributed by atoms with E-state index in [2.05, 4.69) is 0 Å². The van der Waals surface area contributed by atoms with Crippen molar-refractivity contribution in [3.05, 3.63) is 55.2 Å². The van der Waals surface area contributed by atoms with Gasteiger partial charge in [-0.1, -0.05) is 40.9 Å². The molecule has 1 atom stereocenters. The smallest absolute Gasteiger partial charge is 0.0937 e. The molecule has 0 radical (unpaired) electrons. The second-order valence-electron chi connectivity index (χ2n) is 3.59. The van der Waals surface area contributed by atoms with E-state index in [-0.39, 0.29) is 0 Å². The normalized spacial score (nSPS) is 12.7. The number of benzene rings is 1. The van der Waals surface area contributed by atoms with Crippen molar-refractivity contribution in [3.63, 3.8) is 0 Å². The van der Waals surface area contributed by atoms with Crippen molar-refractivity contribution in [2.45, 2.75) is 12.5 Å². The number of hydrogen-bond donors (Lipinski definition) is 1. The van der Waals surface area contributed by atoms with Crippen LogP contribution in [-0.4, -0.2) is 5.11 Å². The molecule has 2 aromatic rings. The summed E-state index contributed by atoms with van der Waals surface area (Å²) in [5.74, 6) is 0. The number of aliphatic hydroxyl groups excluding tert-OH is 1. The number of rotatable bonds is 3. The van der Waals surface area contributed by atoms with Gasteiger partial charge in [0.25, 0.3) is 0 Å². The average Bonchev–Trinajstić information content (AvgIpc) is 2.68. The molecule has 1 aromatic heterocycles. The average molecular weight is 308 g/mol. The lowest BCUT2D eigenvalue weighted by atomic mass is 10.1. The van der Waals surface area contributed by atoms with Crippen LogP contribution in [0.2, 0.25) is 15.1 Å². The van der Waals surface area contributed by atoms with Gasteiger partial charge in [-0.25, -0.2) is 0 Å². The minimum absolute atomic E-state index is 0.427. The first-order valence-corrected chi connectivity index (χ1v) is 6.94. The second-order valence-corrected chi connectivity index (χ2v) is 5.79. The van der Waals surface area contributed by atoms with Crippen molar-refractivity contribution in [1.82, 2.24) is 0 Å². The molecule has 17 heavy (non-hydrogen) atoms. The number of hydrogen-bond acceptors (Lipinski definition) is 2. The first-order chi connectivity index (χ1) is 8.08. The van der Waals surface area contributed by atoms with Crippen LogP contribution in [0.1, 0.15) is 16.5 Å². The maximum atomic E-state index is 10.1. The summed E-state index contributed by atoms with van der Waals surface area (Å²) in [5, 5.41) is 13.7. The van der Waals surface area contributed by atoms with Crippen LogP contribution in [0.5, 0.6) is 0 Å². The summed E-state index contributed by atoms with van der Waals surface area (Å²) in [6, 6.07) is 7.01. The zero-order chi connectivity index (χ0) is 12.4. The van der Waals surface area contributed by atoms with Crippen LogP contribution in [0.4, 0.5) is 0 Å². The van der Waals surface area contributed by atoms with E-state index in [1.165, 1.54) is 11.3 Å². The lowest BCUT2D eigenvalue weighted by molar-refractivity contribution is 0.182. The highest BCUT2D eigenvalue weighted by molar-refractivity contribution is 7.10. The largest absolute Gasteiger partial charge is 0.387 e. The van der Waals surface area contributed by atoms with Gasteiger partial charge in [0.15, 0.2) is 0 Å². The SMILES string of the molecule is OC(Cc1ccc(Cl)cc1Cl)c1sccc1Cl. The van der Waals surface area contributed by atoms with E-state index in [0.29, 0.717) is 21.5 Å². The van der Waals surface area contributed by atoms with Crippen LogP contribution >= 0.6 is 46.1 Å². The van der Waals surface area contributed by atoms with Gasteiger partial charge < -0.3 is 5.11 Å². The molecule has 0 saturated heterocycles. The highest BCUT2D eigenvalue weighted by Crippen LogP contribution is 2.32. The summed E-state index contributed by atoms with van der Waals surface area (Å²) >= 11 is 19.3. The van der Waals surface area contributed by atoms with E-state index in [9.17, 15) is 5.11 Å². The van der Waals surface area contributed by atoms with Gasteiger partial charge in [0.1, 0.15) is 0 Å². The lowest BCUT2D eigenvalue weighted by Crippen LogP contribution is -2.00. The predicted molar refractivity (Wildman–Crippen MR) is 74.5 cm³/mol. The van der Waals surface area contributed by atoms with Crippen LogP contribution in [0.15, 0.2) is 29.6 Å². The molecule has 0 bridgehead atoms. The zero-order valence-corrected chi connectivity index (χ0v) is 11.7. The molecule has 1 aromatic carbocycles. The summed E-state index contributed by atoms with van der Waals surface area (Å²) in [6.45, 7) is 0. The molecule has 0 saturated carbocycles. The molecule has 0 amide bonds. The maximum absolute atomic E-state index is 10.1. The van der Waals surface area contributed by atoms with E-state index < -0.39 is 6.10 Å². The van der Waals surface area contributed by atoms with E-state index in [1.54, 1.807) is 18.2 Å². The molecule has 0 aliphatic heterocycles. The van der Waals surface area contributed by atoms with Gasteiger partial charge in [0.2, 0.25) is 0 Å². The summed E-state index contributed by atoms with van der Waals surface area (Å²) in [7, 11) is 0. The van der Waals surface area contributed by atoms with Gasteiger partial charge in [-0.2, -0.15) is 0 Å². The van der Waals surface area contributed by atoms with Crippen molar-refractivity contribution < 1.29 is 5.11 Å². The molecule has 2 rings (SSSR count). The quantitative estimate of drug-likeness (QED) is 0.847. The second kappa shape index (κ2) is 5.59. The van der Waals surface area contributed by atoms with Gasteiger partial charge >= 0.3 is 0 Å². The number of halogens is 3. The van der Waals surface area contributed by atoms with Crippen molar-refractivity contribution in [3.8, 4) is 0 Å². The molecular weight excluding hydrogens is 299 g/mol. The Morgan fingerprint density at radius 2 is 1.88 bits per heavy atom. The van der Waals surface area contributed by atoms with Crippen LogP contribution in [0.3, 0.4) is 0 Å². The molecule has 1 unspecified atom stereocenters. The van der Waals surface area contributed by atoms with Gasteiger partial charge in [-0.15, -0.1) is 11.3 Å². The Bertz CT molecular complexity index is 524. The molecule has 5 heteroatoms. The van der Waals surface area contributed by atoms with Gasteiger partial charge in [-0.3, -0.25) is 0 Å². The Labute approximate surface area is 119 Å². The number of thiophene rings is 1. The minimum atomic E-state index is -0.638. The summed E-state index contributed by atoms with van der Waals surface area (Å²) in [6.07, 6.45) is -0.211. The number of aliphatic hydroxyl groups is 1. The van der Waals surface area contributed by atoms with Crippen LogP contribution in [0, 0.1) is 0 Å². The minimum Gasteiger partial charge on any atom is -0.387 e. The molecule has 0 spiro atoms. The summed E-state index contributed by atoms with van der Waals surface area (Å²) < 4.78 is 0. The standard InChI is InChI=1S/C12H9Cl3OS/c13-8-2-1-7(10(15)6-8)5-11(16)12-9(14)3-4-17-12/h1-4,6,11,16H,5H2. The topological polar surface area (TPSA) is 20.2 Å². The Morgan fingerprint density at radius 1 is 1.12 bits per heavy atom. The molecule has 0 aliphatic rings. The predicted octanol–water partition coefficient (Wildman–Crippen LogP) is 4.98. The molecule has 1 nitrogen and oxygen atoms in total. The molecular formula is C12H9Cl3OS. The van der Waals surface area contributed by atoms with E-state index in [4.69, 9.17) is 34.8 Å². The molecule has 1 heterocycles. The third kappa shape index (κ3) is 3.15. The Morgan fingerprint density at radius 3 is 2.47 bits per heavy atom. The summed E-state index contributed by atoms with van der Waals surface area (Å²) in [4.78, 5) is 0.762. The van der Waals surface area contributed by atoms with Crippen molar-refractivity contribution >= 4 is 46.1 Å². The first kappa shape index (κ1) is 13.2. The fraction of sp³-hybridized carbons (Fsp3) is 0.167. The Balaban J connectivity index is 2.19. The lowest BCUT2D eigenvalue weighted by Gasteiger charge is -2.11. The van der Waals surface area contributed by atoms with Crippen LogP contribution < -0.4 is 0 Å². The van der Waals surface area contributed by atoms with E-state index in [0.717, 1.165) is 10.4 Å². The highest BCUT2D eigenvalue weighted by Gasteiger charge is 2.15. The van der Waals surface area contributed by atoms with Gasteiger partial charge in [-0.05, 0) is 29.1 Å². The molecule has 90 valence electrons. The monoisotopic (exact) mass is 306 g/mol. The molecule has 0 fully saturated rings. The highest BCUT2D eigenvalue weighted by atomic mass is 35.5. The van der Waals surface area contributed by atoms with Crippen molar-refractivity contribution in [2.24, 2.45) is 0 Å². The van der Waals surface area contributed by atoms with Gasteiger partial charge in [0, 0.05) is 16.5 Å². The molecule has 0 aliphatic carbocycles. The molecule has 1 N–H and O–H groups in total. The first-order valence-electron chi connectivity index (χ1n) is 4.93. The fourth-order valence-electron chi connectivity index (χ4n) is 1.53. The maximum Gasteiger partial charge on any atom is 0.0937 e. The zero-order valence-electron chi connectivity index (χ0n) is 8.66. The van der Waals surface area contributed by atoms with Crippen LogP contribution in [-0.2, 0) is 6.42 Å². The third-order valence-corrected chi connectivity index (χ3v) is 4.42. The Hall–Kier alpha value is -0.250. The van der Waals surface area contributed by atoms with Gasteiger partial charge in [0.05, 0.1) is 16.0 Å². The van der Waals surface area contributed by atoms with E-state index in [1.807, 2.05) is 11.4 Å². The van der Waals surface area contributed by atoms with Crippen LogP contribution in [0.25, 0.3) is 0 Å². The van der Waals surface area contributed by atoms with Crippen molar-refractivity contribution in [2.75, 3.05) is 0 Å². The Kier molecular flexibility index (Phi) is 4.34. The third-order valence-electron chi connectivity index (χ3n) is 2.38. The summed E-state index contributed by atoms with van der Waals surface area (Å²) in [5.41, 5.74) is 0.855. The van der Waals surface area contributed by atoms with Crippen molar-refractivity contribution in [1.29, 1.82) is 0 Å². The van der Waals surface area contributed by atoms with E-state index >= 15 is 0 Å².